The normalized spacial score (nSPS) is 10.6. The zero-order valence-electron chi connectivity index (χ0n) is 13.1. The molecule has 122 valence electrons. The number of anilines is 1. The summed E-state index contributed by atoms with van der Waals surface area (Å²) in [6, 6.07) is 11.2. The van der Waals surface area contributed by atoms with Gasteiger partial charge in [-0.2, -0.15) is 0 Å². The van der Waals surface area contributed by atoms with Crippen LogP contribution in [0.25, 0.3) is 11.0 Å². The molecular formula is C18H14ClNO4. The molecule has 0 spiro atoms. The van der Waals surface area contributed by atoms with Crippen molar-refractivity contribution in [3.05, 3.63) is 69.0 Å². The van der Waals surface area contributed by atoms with Gasteiger partial charge in [0, 0.05) is 17.2 Å². The average Bonchev–Trinajstić information content (AvgIpc) is 2.57. The van der Waals surface area contributed by atoms with E-state index in [1.165, 1.54) is 13.2 Å². The first-order valence-corrected chi connectivity index (χ1v) is 7.56. The van der Waals surface area contributed by atoms with Crippen LogP contribution in [0.3, 0.4) is 0 Å². The third-order valence-electron chi connectivity index (χ3n) is 3.59. The molecule has 0 radical (unpaired) electrons. The molecule has 6 heteroatoms. The summed E-state index contributed by atoms with van der Waals surface area (Å²) in [5, 5.41) is 3.64. The predicted molar refractivity (Wildman–Crippen MR) is 93.2 cm³/mol. The lowest BCUT2D eigenvalue weighted by molar-refractivity contribution is 0.0997. The number of hydrogen-bond donors (Lipinski definition) is 1. The zero-order valence-corrected chi connectivity index (χ0v) is 13.8. The Balaban J connectivity index is 1.99. The molecule has 1 aromatic heterocycles. The van der Waals surface area contributed by atoms with Gasteiger partial charge in [-0.1, -0.05) is 23.7 Å². The molecule has 0 aliphatic rings. The summed E-state index contributed by atoms with van der Waals surface area (Å²) < 4.78 is 10.7. The lowest BCUT2D eigenvalue weighted by atomic mass is 10.2. The van der Waals surface area contributed by atoms with E-state index in [0.29, 0.717) is 27.4 Å². The fourth-order valence-corrected chi connectivity index (χ4v) is 2.48. The second-order valence-corrected chi connectivity index (χ2v) is 5.63. The molecule has 0 saturated heterocycles. The Hall–Kier alpha value is -2.79. The van der Waals surface area contributed by atoms with E-state index in [9.17, 15) is 9.59 Å². The molecule has 1 heterocycles. The van der Waals surface area contributed by atoms with Crippen molar-refractivity contribution in [3.8, 4) is 5.75 Å². The number of benzene rings is 2. The summed E-state index contributed by atoms with van der Waals surface area (Å²) in [5.74, 6) is -0.201. The summed E-state index contributed by atoms with van der Waals surface area (Å²) in [4.78, 5) is 24.5. The number of fused-ring (bicyclic) bond motifs is 1. The van der Waals surface area contributed by atoms with E-state index in [4.69, 9.17) is 20.8 Å². The molecule has 3 aromatic rings. The number of hydrogen-bond acceptors (Lipinski definition) is 4. The number of nitrogens with one attached hydrogen (secondary N) is 1. The number of carbonyl (C=O) groups is 1. The van der Waals surface area contributed by atoms with Gasteiger partial charge in [-0.15, -0.1) is 0 Å². The van der Waals surface area contributed by atoms with Gasteiger partial charge < -0.3 is 14.5 Å². The first-order chi connectivity index (χ1) is 11.5. The lowest BCUT2D eigenvalue weighted by Crippen LogP contribution is -2.15. The van der Waals surface area contributed by atoms with Crippen LogP contribution in [0.2, 0.25) is 5.02 Å². The second kappa shape index (κ2) is 6.37. The summed E-state index contributed by atoms with van der Waals surface area (Å²) in [6.45, 7) is 1.81. The maximum atomic E-state index is 12.4. The van der Waals surface area contributed by atoms with Crippen LogP contribution in [0.5, 0.6) is 5.75 Å². The molecule has 0 bridgehead atoms. The molecule has 0 saturated carbocycles. The van der Waals surface area contributed by atoms with Crippen LogP contribution in [-0.2, 0) is 0 Å². The van der Waals surface area contributed by atoms with Gasteiger partial charge in [-0.25, -0.2) is 0 Å². The topological polar surface area (TPSA) is 68.5 Å². The maximum absolute atomic E-state index is 12.4. The standard InChI is InChI=1S/C18H14ClNO4/c1-10-7-13(16(23-2)8-12(10)19)20-18(22)17-9-14(21)11-5-3-4-6-15(11)24-17/h3-9H,1-2H3,(H,20,22). The molecule has 0 atom stereocenters. The number of amides is 1. The van der Waals surface area contributed by atoms with Crippen molar-refractivity contribution < 1.29 is 13.9 Å². The fourth-order valence-electron chi connectivity index (χ4n) is 2.33. The van der Waals surface area contributed by atoms with E-state index in [2.05, 4.69) is 5.32 Å². The van der Waals surface area contributed by atoms with Crippen molar-refractivity contribution in [1.82, 2.24) is 0 Å². The number of carbonyl (C=O) groups excluding carboxylic acids is 1. The van der Waals surface area contributed by atoms with Crippen molar-refractivity contribution in [3.63, 3.8) is 0 Å². The highest BCUT2D eigenvalue weighted by molar-refractivity contribution is 6.31. The van der Waals surface area contributed by atoms with E-state index >= 15 is 0 Å². The van der Waals surface area contributed by atoms with E-state index < -0.39 is 5.91 Å². The van der Waals surface area contributed by atoms with Crippen LogP contribution in [-0.4, -0.2) is 13.0 Å². The van der Waals surface area contributed by atoms with Crippen LogP contribution in [0.4, 0.5) is 5.69 Å². The minimum absolute atomic E-state index is 0.0756. The van der Waals surface area contributed by atoms with Crippen LogP contribution in [0.1, 0.15) is 16.1 Å². The van der Waals surface area contributed by atoms with Crippen LogP contribution >= 0.6 is 11.6 Å². The monoisotopic (exact) mass is 343 g/mol. The molecule has 0 aliphatic carbocycles. The predicted octanol–water partition coefficient (Wildman–Crippen LogP) is 4.02. The van der Waals surface area contributed by atoms with Crippen molar-refractivity contribution >= 4 is 34.2 Å². The third-order valence-corrected chi connectivity index (χ3v) is 3.99. The van der Waals surface area contributed by atoms with E-state index in [1.807, 2.05) is 6.92 Å². The molecule has 5 nitrogen and oxygen atoms in total. The van der Waals surface area contributed by atoms with Gasteiger partial charge in [0.1, 0.15) is 11.3 Å². The Morgan fingerprint density at radius 3 is 2.71 bits per heavy atom. The summed E-state index contributed by atoms with van der Waals surface area (Å²) in [7, 11) is 1.48. The van der Waals surface area contributed by atoms with E-state index in [0.717, 1.165) is 5.56 Å². The summed E-state index contributed by atoms with van der Waals surface area (Å²) in [6.07, 6.45) is 0. The van der Waals surface area contributed by atoms with E-state index in [-0.39, 0.29) is 11.2 Å². The fraction of sp³-hybridized carbons (Fsp3) is 0.111. The Morgan fingerprint density at radius 1 is 1.21 bits per heavy atom. The maximum Gasteiger partial charge on any atom is 0.291 e. The molecule has 0 unspecified atom stereocenters. The highest BCUT2D eigenvalue weighted by Gasteiger charge is 2.15. The van der Waals surface area contributed by atoms with Gasteiger partial charge in [0.15, 0.2) is 11.2 Å². The molecule has 1 N–H and O–H groups in total. The Labute approximate surface area is 142 Å². The number of rotatable bonds is 3. The number of para-hydroxylation sites is 1. The number of aryl methyl sites for hydroxylation is 1. The minimum atomic E-state index is -0.544. The second-order valence-electron chi connectivity index (χ2n) is 5.23. The highest BCUT2D eigenvalue weighted by atomic mass is 35.5. The van der Waals surface area contributed by atoms with Crippen LogP contribution in [0, 0.1) is 6.92 Å². The van der Waals surface area contributed by atoms with Gasteiger partial charge in [0.25, 0.3) is 5.91 Å². The first-order valence-electron chi connectivity index (χ1n) is 7.18. The molecular weight excluding hydrogens is 330 g/mol. The number of ether oxygens (including phenoxy) is 1. The van der Waals surface area contributed by atoms with Crippen LogP contribution in [0.15, 0.2) is 51.7 Å². The minimum Gasteiger partial charge on any atom is -0.495 e. The molecule has 24 heavy (non-hydrogen) atoms. The SMILES string of the molecule is COc1cc(Cl)c(C)cc1NC(=O)c1cc(=O)c2ccccc2o1. The van der Waals surface area contributed by atoms with Crippen LogP contribution < -0.4 is 15.5 Å². The Kier molecular flexibility index (Phi) is 4.27. The Morgan fingerprint density at radius 2 is 1.96 bits per heavy atom. The van der Waals surface area contributed by atoms with Gasteiger partial charge in [0.2, 0.25) is 0 Å². The zero-order chi connectivity index (χ0) is 17.3. The third kappa shape index (κ3) is 2.98. The van der Waals surface area contributed by atoms with Gasteiger partial charge in [-0.05, 0) is 30.7 Å². The van der Waals surface area contributed by atoms with Gasteiger partial charge in [-0.3, -0.25) is 9.59 Å². The number of halogens is 1. The lowest BCUT2D eigenvalue weighted by Gasteiger charge is -2.12. The first kappa shape index (κ1) is 16.1. The van der Waals surface area contributed by atoms with Gasteiger partial charge in [0.05, 0.1) is 18.2 Å². The largest absolute Gasteiger partial charge is 0.495 e. The summed E-state index contributed by atoms with van der Waals surface area (Å²) in [5.41, 5.74) is 1.31. The van der Waals surface area contributed by atoms with Crippen molar-refractivity contribution in [2.75, 3.05) is 12.4 Å². The smallest absolute Gasteiger partial charge is 0.291 e. The quantitative estimate of drug-likeness (QED) is 0.780. The molecule has 1 amide bonds. The molecule has 0 aliphatic heterocycles. The van der Waals surface area contributed by atoms with E-state index in [1.54, 1.807) is 36.4 Å². The van der Waals surface area contributed by atoms with Crippen molar-refractivity contribution in [1.29, 1.82) is 0 Å². The average molecular weight is 344 g/mol. The Bertz CT molecular complexity index is 994. The molecule has 0 fully saturated rings. The summed E-state index contributed by atoms with van der Waals surface area (Å²) >= 11 is 6.05. The van der Waals surface area contributed by atoms with Gasteiger partial charge >= 0.3 is 0 Å². The highest BCUT2D eigenvalue weighted by Crippen LogP contribution is 2.31. The number of methoxy groups -OCH3 is 1. The molecule has 3 rings (SSSR count). The molecule has 2 aromatic carbocycles. The van der Waals surface area contributed by atoms with Crippen molar-refractivity contribution in [2.45, 2.75) is 6.92 Å². The van der Waals surface area contributed by atoms with Crippen molar-refractivity contribution in [2.24, 2.45) is 0 Å².